The molecule has 2 heterocycles. The zero-order chi connectivity index (χ0) is 16.4. The van der Waals surface area contributed by atoms with Gasteiger partial charge in [-0.15, -0.1) is 10.2 Å². The standard InChI is InChI=1S/C18H22N4OS/c23-17(15-10-13-8-4-5-9-14(13)20-15)19-11-16-21-22-18(24-16)12-6-2-1-3-7-12/h1-3,6-7,13-15,20H,4-5,8-11H2,(H,19,23). The Balaban J connectivity index is 1.32. The zero-order valence-corrected chi connectivity index (χ0v) is 14.4. The second-order valence-corrected chi connectivity index (χ2v) is 7.75. The average molecular weight is 342 g/mol. The highest BCUT2D eigenvalue weighted by Gasteiger charge is 2.38. The Bertz CT molecular complexity index is 688. The van der Waals surface area contributed by atoms with Gasteiger partial charge in [0.05, 0.1) is 12.6 Å². The van der Waals surface area contributed by atoms with E-state index in [1.165, 1.54) is 37.0 Å². The van der Waals surface area contributed by atoms with Crippen LogP contribution in [0.2, 0.25) is 0 Å². The van der Waals surface area contributed by atoms with Crippen LogP contribution >= 0.6 is 11.3 Å². The smallest absolute Gasteiger partial charge is 0.237 e. The quantitative estimate of drug-likeness (QED) is 0.896. The molecule has 24 heavy (non-hydrogen) atoms. The molecule has 0 bridgehead atoms. The SMILES string of the molecule is O=C(NCc1nnc(-c2ccccc2)s1)C1CC2CCCCC2N1. The molecule has 1 saturated carbocycles. The molecule has 2 N–H and O–H groups in total. The van der Waals surface area contributed by atoms with Gasteiger partial charge < -0.3 is 10.6 Å². The second-order valence-electron chi connectivity index (χ2n) is 6.69. The largest absolute Gasteiger partial charge is 0.348 e. The first-order valence-electron chi connectivity index (χ1n) is 8.71. The molecule has 5 nitrogen and oxygen atoms in total. The fraction of sp³-hybridized carbons (Fsp3) is 0.500. The highest BCUT2D eigenvalue weighted by Crippen LogP contribution is 2.33. The number of hydrogen-bond donors (Lipinski definition) is 2. The molecule has 4 rings (SSSR count). The lowest BCUT2D eigenvalue weighted by Gasteiger charge is -2.24. The van der Waals surface area contributed by atoms with Crippen LogP contribution in [0.5, 0.6) is 0 Å². The van der Waals surface area contributed by atoms with Crippen LogP contribution in [0.25, 0.3) is 10.6 Å². The number of fused-ring (bicyclic) bond motifs is 1. The third kappa shape index (κ3) is 3.35. The Kier molecular flexibility index (Phi) is 4.58. The Labute approximate surface area is 145 Å². The molecule has 0 spiro atoms. The first-order valence-corrected chi connectivity index (χ1v) is 9.53. The molecule has 0 radical (unpaired) electrons. The average Bonchev–Trinajstić information content (AvgIpc) is 3.27. The van der Waals surface area contributed by atoms with Gasteiger partial charge >= 0.3 is 0 Å². The van der Waals surface area contributed by atoms with E-state index in [0.717, 1.165) is 22.0 Å². The van der Waals surface area contributed by atoms with Crippen molar-refractivity contribution in [3.8, 4) is 10.6 Å². The monoisotopic (exact) mass is 342 g/mol. The number of nitrogens with zero attached hydrogens (tertiary/aromatic N) is 2. The van der Waals surface area contributed by atoms with Crippen LogP contribution in [-0.2, 0) is 11.3 Å². The molecule has 6 heteroatoms. The molecule has 1 saturated heterocycles. The van der Waals surface area contributed by atoms with Crippen molar-refractivity contribution in [3.63, 3.8) is 0 Å². The van der Waals surface area contributed by atoms with E-state index < -0.39 is 0 Å². The van der Waals surface area contributed by atoms with Crippen LogP contribution in [0.1, 0.15) is 37.1 Å². The maximum absolute atomic E-state index is 12.4. The van der Waals surface area contributed by atoms with E-state index in [1.54, 1.807) is 0 Å². The predicted molar refractivity (Wildman–Crippen MR) is 94.5 cm³/mol. The predicted octanol–water partition coefficient (Wildman–Crippen LogP) is 2.74. The van der Waals surface area contributed by atoms with Crippen LogP contribution in [0.3, 0.4) is 0 Å². The van der Waals surface area contributed by atoms with Crippen molar-refractivity contribution in [2.75, 3.05) is 0 Å². The van der Waals surface area contributed by atoms with E-state index in [1.807, 2.05) is 30.3 Å². The summed E-state index contributed by atoms with van der Waals surface area (Å²) in [6, 6.07) is 10.5. The maximum Gasteiger partial charge on any atom is 0.237 e. The van der Waals surface area contributed by atoms with Gasteiger partial charge in [0.15, 0.2) is 0 Å². The lowest BCUT2D eigenvalue weighted by molar-refractivity contribution is -0.123. The van der Waals surface area contributed by atoms with E-state index in [2.05, 4.69) is 20.8 Å². The Morgan fingerprint density at radius 1 is 1.21 bits per heavy atom. The fourth-order valence-corrected chi connectivity index (χ4v) is 4.61. The normalized spacial score (nSPS) is 26.1. The molecule has 1 aliphatic carbocycles. The number of benzene rings is 1. The van der Waals surface area contributed by atoms with Crippen LogP contribution in [0.15, 0.2) is 30.3 Å². The summed E-state index contributed by atoms with van der Waals surface area (Å²) in [6.07, 6.45) is 6.05. The molecule has 1 aliphatic heterocycles. The zero-order valence-electron chi connectivity index (χ0n) is 13.6. The third-order valence-electron chi connectivity index (χ3n) is 5.08. The number of nitrogens with one attached hydrogen (secondary N) is 2. The Morgan fingerprint density at radius 2 is 2.04 bits per heavy atom. The van der Waals surface area contributed by atoms with Gasteiger partial charge in [-0.25, -0.2) is 0 Å². The van der Waals surface area contributed by atoms with Gasteiger partial charge in [-0.2, -0.15) is 0 Å². The van der Waals surface area contributed by atoms with Crippen molar-refractivity contribution in [3.05, 3.63) is 35.3 Å². The first kappa shape index (κ1) is 15.7. The minimum atomic E-state index is -0.0420. The number of rotatable bonds is 4. The van der Waals surface area contributed by atoms with E-state index in [9.17, 15) is 4.79 Å². The van der Waals surface area contributed by atoms with E-state index in [-0.39, 0.29) is 11.9 Å². The van der Waals surface area contributed by atoms with Gasteiger partial charge in [-0.1, -0.05) is 54.5 Å². The van der Waals surface area contributed by atoms with Crippen LogP contribution < -0.4 is 10.6 Å². The van der Waals surface area contributed by atoms with Crippen molar-refractivity contribution in [1.82, 2.24) is 20.8 Å². The first-order chi connectivity index (χ1) is 11.8. The molecule has 1 amide bonds. The third-order valence-corrected chi connectivity index (χ3v) is 6.05. The van der Waals surface area contributed by atoms with Gasteiger partial charge in [0.1, 0.15) is 10.0 Å². The molecular weight excluding hydrogens is 320 g/mol. The van der Waals surface area contributed by atoms with Crippen molar-refractivity contribution in [1.29, 1.82) is 0 Å². The van der Waals surface area contributed by atoms with Crippen molar-refractivity contribution in [2.24, 2.45) is 5.92 Å². The minimum Gasteiger partial charge on any atom is -0.348 e. The topological polar surface area (TPSA) is 66.9 Å². The molecule has 3 unspecified atom stereocenters. The Morgan fingerprint density at radius 3 is 2.88 bits per heavy atom. The molecule has 1 aromatic heterocycles. The molecular formula is C18H22N4OS. The lowest BCUT2D eigenvalue weighted by Crippen LogP contribution is -2.42. The van der Waals surface area contributed by atoms with E-state index in [4.69, 9.17) is 0 Å². The highest BCUT2D eigenvalue weighted by atomic mass is 32.1. The Hall–Kier alpha value is -1.79. The summed E-state index contributed by atoms with van der Waals surface area (Å²) in [7, 11) is 0. The number of carbonyl (C=O) groups excluding carboxylic acids is 1. The van der Waals surface area contributed by atoms with Crippen LogP contribution in [0.4, 0.5) is 0 Å². The molecule has 2 aliphatic rings. The van der Waals surface area contributed by atoms with Gasteiger partial charge in [-0.05, 0) is 25.2 Å². The van der Waals surface area contributed by atoms with Gasteiger partial charge in [0, 0.05) is 11.6 Å². The number of hydrogen-bond acceptors (Lipinski definition) is 5. The summed E-state index contributed by atoms with van der Waals surface area (Å²) < 4.78 is 0. The summed E-state index contributed by atoms with van der Waals surface area (Å²) in [5, 5.41) is 16.7. The summed E-state index contributed by atoms with van der Waals surface area (Å²) >= 11 is 1.53. The maximum atomic E-state index is 12.4. The van der Waals surface area contributed by atoms with Crippen molar-refractivity contribution in [2.45, 2.75) is 50.7 Å². The molecule has 126 valence electrons. The lowest BCUT2D eigenvalue weighted by atomic mass is 9.85. The number of aromatic nitrogens is 2. The molecule has 2 aromatic rings. The summed E-state index contributed by atoms with van der Waals surface area (Å²) in [6.45, 7) is 0.455. The van der Waals surface area contributed by atoms with Crippen molar-refractivity contribution >= 4 is 17.2 Å². The summed E-state index contributed by atoms with van der Waals surface area (Å²) in [4.78, 5) is 12.4. The number of amides is 1. The fourth-order valence-electron chi connectivity index (χ4n) is 3.83. The van der Waals surface area contributed by atoms with Crippen LogP contribution in [0, 0.1) is 5.92 Å². The van der Waals surface area contributed by atoms with Gasteiger partial charge in [0.25, 0.3) is 0 Å². The van der Waals surface area contributed by atoms with Gasteiger partial charge in [0.2, 0.25) is 5.91 Å². The van der Waals surface area contributed by atoms with Crippen LogP contribution in [-0.4, -0.2) is 28.2 Å². The summed E-state index contributed by atoms with van der Waals surface area (Å²) in [5.74, 6) is 0.779. The second kappa shape index (κ2) is 6.99. The number of carbonyl (C=O) groups is 1. The van der Waals surface area contributed by atoms with Crippen molar-refractivity contribution < 1.29 is 4.79 Å². The highest BCUT2D eigenvalue weighted by molar-refractivity contribution is 7.14. The van der Waals surface area contributed by atoms with Gasteiger partial charge in [-0.3, -0.25) is 4.79 Å². The van der Waals surface area contributed by atoms with E-state index in [0.29, 0.717) is 18.5 Å². The summed E-state index contributed by atoms with van der Waals surface area (Å²) in [5.41, 5.74) is 1.06. The molecule has 1 aromatic carbocycles. The molecule has 2 fully saturated rings. The van der Waals surface area contributed by atoms with E-state index >= 15 is 0 Å². The minimum absolute atomic E-state index is 0.0420. The molecule has 3 atom stereocenters.